The second kappa shape index (κ2) is 6.07. The summed E-state index contributed by atoms with van der Waals surface area (Å²) in [6, 6.07) is 0. The van der Waals surface area contributed by atoms with Crippen LogP contribution in [0.5, 0.6) is 0 Å². The van der Waals surface area contributed by atoms with Gasteiger partial charge in [0, 0.05) is 13.0 Å². The van der Waals surface area contributed by atoms with Crippen LogP contribution in [-0.2, 0) is 16.0 Å². The number of hydrogen-bond donors (Lipinski definition) is 1. The molecule has 5 nitrogen and oxygen atoms in total. The van der Waals surface area contributed by atoms with Crippen molar-refractivity contribution in [3.8, 4) is 0 Å². The molecule has 6 heteroatoms. The summed E-state index contributed by atoms with van der Waals surface area (Å²) >= 11 is 1.43. The molecule has 17 heavy (non-hydrogen) atoms. The van der Waals surface area contributed by atoms with Gasteiger partial charge in [-0.3, -0.25) is 4.79 Å². The normalized spacial score (nSPS) is 19.5. The Hall–Kier alpha value is -1.01. The smallest absolute Gasteiger partial charge is 0.226 e. The van der Waals surface area contributed by atoms with Gasteiger partial charge in [0.05, 0.1) is 6.10 Å². The highest BCUT2D eigenvalue weighted by molar-refractivity contribution is 7.15. The van der Waals surface area contributed by atoms with Gasteiger partial charge < -0.3 is 10.1 Å². The summed E-state index contributed by atoms with van der Waals surface area (Å²) in [6.45, 7) is 2.85. The van der Waals surface area contributed by atoms with Crippen LogP contribution in [0, 0.1) is 0 Å². The quantitative estimate of drug-likeness (QED) is 0.874. The molecular weight excluding hydrogens is 238 g/mol. The highest BCUT2D eigenvalue weighted by Gasteiger charge is 2.17. The molecule has 0 spiro atoms. The fourth-order valence-electron chi connectivity index (χ4n) is 1.79. The Morgan fingerprint density at radius 1 is 1.59 bits per heavy atom. The van der Waals surface area contributed by atoms with E-state index in [2.05, 4.69) is 15.5 Å². The Bertz CT molecular complexity index is 375. The van der Waals surface area contributed by atoms with Crippen molar-refractivity contribution >= 4 is 22.4 Å². The first-order valence-corrected chi connectivity index (χ1v) is 6.83. The van der Waals surface area contributed by atoms with Gasteiger partial charge in [-0.25, -0.2) is 0 Å². The minimum absolute atomic E-state index is 0.000645. The van der Waals surface area contributed by atoms with Crippen molar-refractivity contribution in [2.75, 3.05) is 11.9 Å². The average molecular weight is 255 g/mol. The maximum absolute atomic E-state index is 11.6. The predicted octanol–water partition coefficient (Wildman–Crippen LogP) is 2.00. The average Bonchev–Trinajstić information content (AvgIpc) is 2.97. The fraction of sp³-hybridized carbons (Fsp3) is 0.727. The van der Waals surface area contributed by atoms with Gasteiger partial charge in [0.15, 0.2) is 0 Å². The van der Waals surface area contributed by atoms with Crippen LogP contribution < -0.4 is 5.32 Å². The van der Waals surface area contributed by atoms with E-state index in [1.807, 2.05) is 6.92 Å². The number of hydrogen-bond acceptors (Lipinski definition) is 5. The number of anilines is 1. The highest BCUT2D eigenvalue weighted by Crippen LogP contribution is 2.18. The number of carbonyl (C=O) groups excluding carboxylic acids is 1. The van der Waals surface area contributed by atoms with Crippen LogP contribution in [0.2, 0.25) is 0 Å². The van der Waals surface area contributed by atoms with Crippen LogP contribution in [-0.4, -0.2) is 28.8 Å². The lowest BCUT2D eigenvalue weighted by atomic mass is 10.1. The molecule has 0 radical (unpaired) electrons. The van der Waals surface area contributed by atoms with Crippen molar-refractivity contribution in [3.05, 3.63) is 5.01 Å². The van der Waals surface area contributed by atoms with E-state index in [1.165, 1.54) is 11.3 Å². The zero-order valence-corrected chi connectivity index (χ0v) is 10.8. The number of aromatic nitrogens is 2. The summed E-state index contributed by atoms with van der Waals surface area (Å²) < 4.78 is 5.47. The third kappa shape index (κ3) is 3.74. The van der Waals surface area contributed by atoms with E-state index in [1.54, 1.807) is 0 Å². The summed E-state index contributed by atoms with van der Waals surface area (Å²) in [5.74, 6) is -0.000645. The van der Waals surface area contributed by atoms with Crippen LogP contribution in [0.4, 0.5) is 5.13 Å². The van der Waals surface area contributed by atoms with Crippen LogP contribution in [0.1, 0.15) is 37.6 Å². The zero-order valence-electron chi connectivity index (χ0n) is 9.94. The van der Waals surface area contributed by atoms with E-state index in [4.69, 9.17) is 4.74 Å². The molecule has 1 N–H and O–H groups in total. The third-order valence-corrected chi connectivity index (χ3v) is 3.72. The van der Waals surface area contributed by atoms with E-state index in [9.17, 15) is 4.79 Å². The Kier molecular flexibility index (Phi) is 4.44. The number of amides is 1. The first-order valence-electron chi connectivity index (χ1n) is 6.01. The van der Waals surface area contributed by atoms with Crippen molar-refractivity contribution in [2.24, 2.45) is 0 Å². The molecular formula is C11H17N3O2S. The van der Waals surface area contributed by atoms with Crippen molar-refractivity contribution in [1.29, 1.82) is 0 Å². The molecule has 94 valence electrons. The lowest BCUT2D eigenvalue weighted by Gasteiger charge is -2.07. The SMILES string of the molecule is CCc1nnc(NC(=O)CC[C@H]2CCCO2)s1. The molecule has 0 aromatic carbocycles. The second-order valence-electron chi connectivity index (χ2n) is 4.08. The molecule has 0 unspecified atom stereocenters. The lowest BCUT2D eigenvalue weighted by Crippen LogP contribution is -2.15. The van der Waals surface area contributed by atoms with E-state index in [-0.39, 0.29) is 12.0 Å². The number of nitrogens with one attached hydrogen (secondary N) is 1. The Labute approximate surface area is 105 Å². The van der Waals surface area contributed by atoms with Gasteiger partial charge in [0.25, 0.3) is 0 Å². The summed E-state index contributed by atoms with van der Waals surface area (Å²) in [5.41, 5.74) is 0. The molecule has 1 atom stereocenters. The van der Waals surface area contributed by atoms with E-state index in [0.29, 0.717) is 11.6 Å². The van der Waals surface area contributed by atoms with Crippen molar-refractivity contribution in [1.82, 2.24) is 10.2 Å². The number of nitrogens with zero attached hydrogens (tertiary/aromatic N) is 2. The van der Waals surface area contributed by atoms with Gasteiger partial charge >= 0.3 is 0 Å². The minimum Gasteiger partial charge on any atom is -0.378 e. The van der Waals surface area contributed by atoms with Crippen molar-refractivity contribution in [3.63, 3.8) is 0 Å². The predicted molar refractivity (Wildman–Crippen MR) is 66.1 cm³/mol. The Morgan fingerprint density at radius 2 is 2.47 bits per heavy atom. The van der Waals surface area contributed by atoms with Crippen LogP contribution in [0.3, 0.4) is 0 Å². The second-order valence-corrected chi connectivity index (χ2v) is 5.14. The van der Waals surface area contributed by atoms with Gasteiger partial charge in [0.1, 0.15) is 5.01 Å². The van der Waals surface area contributed by atoms with Gasteiger partial charge in [0.2, 0.25) is 11.0 Å². The van der Waals surface area contributed by atoms with Crippen molar-refractivity contribution < 1.29 is 9.53 Å². The number of ether oxygens (including phenoxy) is 1. The molecule has 0 saturated carbocycles. The highest BCUT2D eigenvalue weighted by atomic mass is 32.1. The van der Waals surface area contributed by atoms with E-state index in [0.717, 1.165) is 37.3 Å². The molecule has 1 saturated heterocycles. The number of rotatable bonds is 5. The van der Waals surface area contributed by atoms with Crippen LogP contribution >= 0.6 is 11.3 Å². The molecule has 2 rings (SSSR count). The van der Waals surface area contributed by atoms with Gasteiger partial charge in [-0.05, 0) is 25.7 Å². The van der Waals surface area contributed by atoms with E-state index >= 15 is 0 Å². The maximum Gasteiger partial charge on any atom is 0.226 e. The molecule has 1 fully saturated rings. The third-order valence-electron chi connectivity index (χ3n) is 2.73. The topological polar surface area (TPSA) is 64.1 Å². The zero-order chi connectivity index (χ0) is 12.1. The summed E-state index contributed by atoms with van der Waals surface area (Å²) in [6.07, 6.45) is 4.59. The summed E-state index contributed by atoms with van der Waals surface area (Å²) in [7, 11) is 0. The fourth-order valence-corrected chi connectivity index (χ4v) is 2.49. The molecule has 1 aromatic rings. The Morgan fingerprint density at radius 3 is 3.12 bits per heavy atom. The van der Waals surface area contributed by atoms with Gasteiger partial charge in [-0.2, -0.15) is 0 Å². The maximum atomic E-state index is 11.6. The molecule has 1 aliphatic heterocycles. The largest absolute Gasteiger partial charge is 0.378 e. The standard InChI is InChI=1S/C11H17N3O2S/c1-2-10-13-14-11(17-10)12-9(15)6-5-8-4-3-7-16-8/h8H,2-7H2,1H3,(H,12,14,15)/t8-/m1/s1. The number of aryl methyl sites for hydroxylation is 1. The molecule has 1 aromatic heterocycles. The molecule has 1 aliphatic rings. The van der Waals surface area contributed by atoms with Crippen LogP contribution in [0.15, 0.2) is 0 Å². The number of carbonyl (C=O) groups is 1. The minimum atomic E-state index is -0.000645. The van der Waals surface area contributed by atoms with Gasteiger partial charge in [-0.1, -0.05) is 18.3 Å². The van der Waals surface area contributed by atoms with E-state index < -0.39 is 0 Å². The Balaban J connectivity index is 1.72. The summed E-state index contributed by atoms with van der Waals surface area (Å²) in [4.78, 5) is 11.6. The molecule has 0 bridgehead atoms. The molecule has 2 heterocycles. The molecule has 1 amide bonds. The van der Waals surface area contributed by atoms with Crippen LogP contribution in [0.25, 0.3) is 0 Å². The van der Waals surface area contributed by atoms with Gasteiger partial charge in [-0.15, -0.1) is 10.2 Å². The lowest BCUT2D eigenvalue weighted by molar-refractivity contribution is -0.116. The van der Waals surface area contributed by atoms with Crippen molar-refractivity contribution in [2.45, 2.75) is 45.1 Å². The molecule has 0 aliphatic carbocycles. The first kappa shape index (κ1) is 12.4. The monoisotopic (exact) mass is 255 g/mol. The summed E-state index contributed by atoms with van der Waals surface area (Å²) in [5, 5.41) is 12.2. The first-order chi connectivity index (χ1) is 8.28.